The third-order valence-corrected chi connectivity index (χ3v) is 4.39. The van der Waals surface area contributed by atoms with Crippen molar-refractivity contribution in [2.24, 2.45) is 5.92 Å². The van der Waals surface area contributed by atoms with E-state index in [2.05, 4.69) is 9.79 Å². The van der Waals surface area contributed by atoms with Crippen LogP contribution in [0.1, 0.15) is 24.8 Å². The van der Waals surface area contributed by atoms with Gasteiger partial charge in [-0.25, -0.2) is 4.39 Å². The number of aryl methyl sites for hydroxylation is 1. The Labute approximate surface area is 139 Å². The summed E-state index contributed by atoms with van der Waals surface area (Å²) < 4.78 is 18.9. The molecule has 0 bridgehead atoms. The number of piperidine rings is 1. The molecule has 7 heteroatoms. The Balaban J connectivity index is 1.51. The van der Waals surface area contributed by atoms with E-state index in [4.69, 9.17) is 0 Å². The largest absolute Gasteiger partial charge is 0.539 e. The predicted octanol–water partition coefficient (Wildman–Crippen LogP) is 1.05. The molecule has 1 amide bonds. The number of nitrogens with zero attached hydrogens (tertiary/aromatic N) is 3. The molecule has 1 aliphatic rings. The summed E-state index contributed by atoms with van der Waals surface area (Å²) in [4.78, 5) is 14.1. The van der Waals surface area contributed by atoms with Crippen LogP contribution in [0.2, 0.25) is 0 Å². The van der Waals surface area contributed by atoms with E-state index in [9.17, 15) is 14.3 Å². The van der Waals surface area contributed by atoms with Crippen LogP contribution in [0.5, 0.6) is 5.95 Å². The van der Waals surface area contributed by atoms with E-state index in [-0.39, 0.29) is 18.3 Å². The zero-order valence-electron chi connectivity index (χ0n) is 13.4. The lowest BCUT2D eigenvalue weighted by Crippen LogP contribution is -2.48. The highest BCUT2D eigenvalue weighted by atomic mass is 19.1. The highest BCUT2D eigenvalue weighted by molar-refractivity contribution is 5.74. The molecule has 1 fully saturated rings. The number of rotatable bonds is 5. The van der Waals surface area contributed by atoms with E-state index in [1.54, 1.807) is 12.1 Å². The molecule has 2 aromatic rings. The molecule has 0 spiro atoms. The first-order chi connectivity index (χ1) is 11.6. The first kappa shape index (κ1) is 16.4. The smallest absolute Gasteiger partial charge is 0.291 e. The van der Waals surface area contributed by atoms with Crippen LogP contribution >= 0.6 is 0 Å². The fourth-order valence-electron chi connectivity index (χ4n) is 3.17. The predicted molar refractivity (Wildman–Crippen MR) is 80.2 cm³/mol. The third kappa shape index (κ3) is 4.31. The van der Waals surface area contributed by atoms with Gasteiger partial charge in [-0.15, -0.1) is 0 Å². The average molecular weight is 333 g/mol. The molecule has 0 aliphatic carbocycles. The van der Waals surface area contributed by atoms with Gasteiger partial charge in [0, 0.05) is 13.1 Å². The van der Waals surface area contributed by atoms with E-state index in [1.807, 2.05) is 11.0 Å². The van der Waals surface area contributed by atoms with Crippen molar-refractivity contribution in [2.45, 2.75) is 32.2 Å². The number of likely N-dealkylation sites (tertiary alicyclic amines) is 1. The van der Waals surface area contributed by atoms with Gasteiger partial charge in [0.2, 0.25) is 6.20 Å². The van der Waals surface area contributed by atoms with Gasteiger partial charge in [0.1, 0.15) is 11.8 Å². The van der Waals surface area contributed by atoms with Gasteiger partial charge >= 0.3 is 0 Å². The van der Waals surface area contributed by atoms with Crippen molar-refractivity contribution >= 4 is 5.91 Å². The second-order valence-corrected chi connectivity index (χ2v) is 6.24. The van der Waals surface area contributed by atoms with Crippen LogP contribution in [0.4, 0.5) is 4.39 Å². The highest BCUT2D eigenvalue weighted by Crippen LogP contribution is 2.22. The third-order valence-electron chi connectivity index (χ3n) is 4.39. The summed E-state index contributed by atoms with van der Waals surface area (Å²) in [6.07, 6.45) is 4.93. The summed E-state index contributed by atoms with van der Waals surface area (Å²) in [5, 5.41) is 14.4. The Morgan fingerprint density at radius 2 is 2.38 bits per heavy atom. The maximum absolute atomic E-state index is 13.2. The Morgan fingerprint density at radius 1 is 1.50 bits per heavy atom. The number of aromatic nitrogens is 2. The summed E-state index contributed by atoms with van der Waals surface area (Å²) in [5.41, 5.74) is 0.986. The standard InChI is InChI=1S/C17H20FN3O3/c18-15-5-1-3-13(9-15)6-7-14-4-2-8-20(10-14)16(22)11-21-12-17(23)24-19-21/h1,3,5,9,12,14H,2,4,6-8,10-11H2. The molecule has 0 radical (unpaired) electrons. The number of hydrogen-bond donors (Lipinski definition) is 0. The quantitative estimate of drug-likeness (QED) is 0.767. The molecular weight excluding hydrogens is 313 g/mol. The zero-order chi connectivity index (χ0) is 16.9. The molecule has 128 valence electrons. The van der Waals surface area contributed by atoms with Crippen molar-refractivity contribution in [3.63, 3.8) is 0 Å². The van der Waals surface area contributed by atoms with E-state index < -0.39 is 5.95 Å². The Hall–Kier alpha value is -2.44. The number of carbonyl (C=O) groups excluding carboxylic acids is 1. The summed E-state index contributed by atoms with van der Waals surface area (Å²) in [6, 6.07) is 6.66. The molecule has 1 atom stereocenters. The van der Waals surface area contributed by atoms with Gasteiger partial charge < -0.3 is 14.5 Å². The number of halogens is 1. The van der Waals surface area contributed by atoms with Crippen molar-refractivity contribution in [1.82, 2.24) is 10.2 Å². The Bertz CT molecular complexity index is 704. The van der Waals surface area contributed by atoms with E-state index in [1.165, 1.54) is 16.9 Å². The molecule has 1 unspecified atom stereocenters. The normalized spacial score (nSPS) is 17.9. The summed E-state index contributed by atoms with van der Waals surface area (Å²) in [5.74, 6) is -0.433. The molecule has 6 nitrogen and oxygen atoms in total. The van der Waals surface area contributed by atoms with Crippen LogP contribution in [-0.2, 0) is 17.8 Å². The van der Waals surface area contributed by atoms with Crippen molar-refractivity contribution in [2.75, 3.05) is 13.1 Å². The van der Waals surface area contributed by atoms with Gasteiger partial charge in [0.25, 0.3) is 12.5 Å². The second-order valence-electron chi connectivity index (χ2n) is 6.24. The number of amides is 1. The van der Waals surface area contributed by atoms with E-state index >= 15 is 0 Å². The second kappa shape index (κ2) is 7.42. The molecule has 1 saturated heterocycles. The van der Waals surface area contributed by atoms with Crippen molar-refractivity contribution < 1.29 is 23.5 Å². The first-order valence-electron chi connectivity index (χ1n) is 8.16. The fraction of sp³-hybridized carbons (Fsp3) is 0.471. The molecule has 1 aromatic heterocycles. The van der Waals surface area contributed by atoms with Crippen LogP contribution in [0.25, 0.3) is 0 Å². The topological polar surface area (TPSA) is 73.3 Å². The lowest BCUT2D eigenvalue weighted by atomic mass is 9.91. The highest BCUT2D eigenvalue weighted by Gasteiger charge is 2.26. The molecule has 0 saturated carbocycles. The lowest BCUT2D eigenvalue weighted by molar-refractivity contribution is -0.751. The fourth-order valence-corrected chi connectivity index (χ4v) is 3.17. The minimum Gasteiger partial charge on any atom is -0.539 e. The first-order valence-corrected chi connectivity index (χ1v) is 8.16. The van der Waals surface area contributed by atoms with Crippen molar-refractivity contribution in [3.05, 3.63) is 41.8 Å². The van der Waals surface area contributed by atoms with Gasteiger partial charge in [-0.1, -0.05) is 16.8 Å². The van der Waals surface area contributed by atoms with Crippen LogP contribution in [-0.4, -0.2) is 29.2 Å². The Kier molecular flexibility index (Phi) is 5.08. The van der Waals surface area contributed by atoms with Crippen LogP contribution < -0.4 is 9.79 Å². The van der Waals surface area contributed by atoms with Crippen LogP contribution in [0, 0.1) is 11.7 Å². The van der Waals surface area contributed by atoms with E-state index in [0.29, 0.717) is 12.5 Å². The van der Waals surface area contributed by atoms with Gasteiger partial charge in [-0.3, -0.25) is 4.79 Å². The van der Waals surface area contributed by atoms with Gasteiger partial charge in [0.15, 0.2) is 0 Å². The summed E-state index contributed by atoms with van der Waals surface area (Å²) in [7, 11) is 0. The monoisotopic (exact) mass is 333 g/mol. The number of hydrogen-bond acceptors (Lipinski definition) is 4. The van der Waals surface area contributed by atoms with Crippen molar-refractivity contribution in [1.29, 1.82) is 0 Å². The van der Waals surface area contributed by atoms with E-state index in [0.717, 1.165) is 37.8 Å². The van der Waals surface area contributed by atoms with Gasteiger partial charge in [-0.05, 0) is 49.3 Å². The molecule has 2 heterocycles. The molecule has 1 aliphatic heterocycles. The summed E-state index contributed by atoms with van der Waals surface area (Å²) >= 11 is 0. The minimum atomic E-state index is -0.561. The number of benzene rings is 1. The molecule has 1 aromatic carbocycles. The molecule has 0 N–H and O–H groups in total. The zero-order valence-corrected chi connectivity index (χ0v) is 13.4. The minimum absolute atomic E-state index is 0.0162. The maximum Gasteiger partial charge on any atom is 0.291 e. The summed E-state index contributed by atoms with van der Waals surface area (Å²) in [6.45, 7) is 1.43. The lowest BCUT2D eigenvalue weighted by Gasteiger charge is -2.32. The molecular formula is C17H20FN3O3. The average Bonchev–Trinajstić information content (AvgIpc) is 2.98. The SMILES string of the molecule is O=C(C[n+]1cc([O-])on1)N1CCCC(CCc2cccc(F)c2)C1. The Morgan fingerprint density at radius 3 is 3.12 bits per heavy atom. The maximum atomic E-state index is 13.2. The molecule has 3 rings (SSSR count). The molecule has 24 heavy (non-hydrogen) atoms. The number of carbonyl (C=O) groups is 1. The van der Waals surface area contributed by atoms with Crippen LogP contribution in [0.15, 0.2) is 35.0 Å². The van der Waals surface area contributed by atoms with Gasteiger partial charge in [0.05, 0.1) is 5.27 Å². The van der Waals surface area contributed by atoms with Crippen molar-refractivity contribution in [3.8, 4) is 5.95 Å². The van der Waals surface area contributed by atoms with Crippen LogP contribution in [0.3, 0.4) is 0 Å². The van der Waals surface area contributed by atoms with Gasteiger partial charge in [-0.2, -0.15) is 0 Å².